The van der Waals surface area contributed by atoms with E-state index in [-0.39, 0.29) is 12.0 Å². The highest BCUT2D eigenvalue weighted by Gasteiger charge is 2.27. The zero-order valence-electron chi connectivity index (χ0n) is 10.4. The number of rotatable bonds is 3. The molecule has 1 aromatic carbocycles. The Labute approximate surface area is 112 Å². The number of hydrogen-bond acceptors (Lipinski definition) is 2. The molecule has 2 unspecified atom stereocenters. The first kappa shape index (κ1) is 13.2. The number of halogens is 1. The van der Waals surface area contributed by atoms with Gasteiger partial charge in [-0.3, -0.25) is 4.79 Å². The quantitative estimate of drug-likeness (QED) is 0.878. The Morgan fingerprint density at radius 1 is 1.44 bits per heavy atom. The third-order valence-corrected chi connectivity index (χ3v) is 3.91. The van der Waals surface area contributed by atoms with Crippen LogP contribution < -0.4 is 5.32 Å². The van der Waals surface area contributed by atoms with Crippen molar-refractivity contribution in [2.75, 3.05) is 5.32 Å². The van der Waals surface area contributed by atoms with E-state index in [4.69, 9.17) is 16.7 Å². The van der Waals surface area contributed by atoms with Gasteiger partial charge >= 0.3 is 5.97 Å². The second-order valence-corrected chi connectivity index (χ2v) is 5.38. The summed E-state index contributed by atoms with van der Waals surface area (Å²) in [6.07, 6.45) is 3.43. The van der Waals surface area contributed by atoms with Gasteiger partial charge in [0.25, 0.3) is 0 Å². The Morgan fingerprint density at radius 3 is 2.89 bits per heavy atom. The first-order chi connectivity index (χ1) is 8.58. The smallest absolute Gasteiger partial charge is 0.306 e. The van der Waals surface area contributed by atoms with Gasteiger partial charge in [0, 0.05) is 6.04 Å². The Kier molecular flexibility index (Phi) is 4.12. The maximum atomic E-state index is 11.0. The number of hydrogen-bond donors (Lipinski definition) is 2. The van der Waals surface area contributed by atoms with Crippen LogP contribution in [0.25, 0.3) is 0 Å². The lowest BCUT2D eigenvalue weighted by molar-refractivity contribution is -0.142. The maximum absolute atomic E-state index is 11.0. The average Bonchev–Trinajstić information content (AvgIpc) is 2.34. The standard InChI is InChI=1S/C14H18ClNO2/c1-9-4-2-7-12(15)13(9)16-11-6-3-5-10(8-11)14(17)18/h2,4,7,10-11,16H,3,5-6,8H2,1H3,(H,17,18). The van der Waals surface area contributed by atoms with Crippen LogP contribution in [0.4, 0.5) is 5.69 Å². The topological polar surface area (TPSA) is 49.3 Å². The highest BCUT2D eigenvalue weighted by Crippen LogP contribution is 2.31. The van der Waals surface area contributed by atoms with E-state index >= 15 is 0 Å². The number of anilines is 1. The van der Waals surface area contributed by atoms with E-state index in [1.54, 1.807) is 0 Å². The molecule has 0 heterocycles. The molecule has 98 valence electrons. The van der Waals surface area contributed by atoms with Gasteiger partial charge < -0.3 is 10.4 Å². The third-order valence-electron chi connectivity index (χ3n) is 3.59. The molecule has 0 aliphatic heterocycles. The molecule has 0 amide bonds. The summed E-state index contributed by atoms with van der Waals surface area (Å²) in [4.78, 5) is 11.0. The maximum Gasteiger partial charge on any atom is 0.306 e. The van der Waals surface area contributed by atoms with E-state index in [0.717, 1.165) is 30.5 Å². The molecule has 2 rings (SSSR count). The highest BCUT2D eigenvalue weighted by molar-refractivity contribution is 6.33. The first-order valence-electron chi connectivity index (χ1n) is 6.32. The summed E-state index contributed by atoms with van der Waals surface area (Å²) in [5, 5.41) is 13.2. The number of benzene rings is 1. The lowest BCUT2D eigenvalue weighted by Gasteiger charge is -2.29. The number of aliphatic carboxylic acids is 1. The van der Waals surface area contributed by atoms with Crippen molar-refractivity contribution in [3.63, 3.8) is 0 Å². The minimum Gasteiger partial charge on any atom is -0.481 e. The van der Waals surface area contributed by atoms with E-state index in [1.807, 2.05) is 25.1 Å². The molecule has 18 heavy (non-hydrogen) atoms. The number of aryl methyl sites for hydroxylation is 1. The van der Waals surface area contributed by atoms with Crippen LogP contribution in [0.1, 0.15) is 31.2 Å². The van der Waals surface area contributed by atoms with Gasteiger partial charge in [0.1, 0.15) is 0 Å². The predicted molar refractivity (Wildman–Crippen MR) is 73.2 cm³/mol. The second kappa shape index (κ2) is 5.61. The Bertz CT molecular complexity index is 427. The van der Waals surface area contributed by atoms with E-state index in [0.29, 0.717) is 11.4 Å². The van der Waals surface area contributed by atoms with Crippen LogP contribution in [0.3, 0.4) is 0 Å². The largest absolute Gasteiger partial charge is 0.481 e. The Morgan fingerprint density at radius 2 is 2.22 bits per heavy atom. The summed E-state index contributed by atoms with van der Waals surface area (Å²) >= 11 is 6.17. The number of carbonyl (C=O) groups is 1. The zero-order valence-corrected chi connectivity index (χ0v) is 11.2. The fourth-order valence-electron chi connectivity index (χ4n) is 2.56. The van der Waals surface area contributed by atoms with E-state index in [9.17, 15) is 4.79 Å². The van der Waals surface area contributed by atoms with Gasteiger partial charge in [0.2, 0.25) is 0 Å². The summed E-state index contributed by atoms with van der Waals surface area (Å²) in [7, 11) is 0. The van der Waals surface area contributed by atoms with Crippen molar-refractivity contribution >= 4 is 23.3 Å². The van der Waals surface area contributed by atoms with Gasteiger partial charge in [0.05, 0.1) is 16.6 Å². The molecule has 1 aromatic rings. The van der Waals surface area contributed by atoms with Crippen LogP contribution in [0.5, 0.6) is 0 Å². The van der Waals surface area contributed by atoms with Gasteiger partial charge in [-0.15, -0.1) is 0 Å². The number of para-hydroxylation sites is 1. The van der Waals surface area contributed by atoms with Crippen molar-refractivity contribution in [1.82, 2.24) is 0 Å². The van der Waals surface area contributed by atoms with Gasteiger partial charge in [-0.2, -0.15) is 0 Å². The fraction of sp³-hybridized carbons (Fsp3) is 0.500. The summed E-state index contributed by atoms with van der Waals surface area (Å²) in [5.74, 6) is -0.906. The van der Waals surface area contributed by atoms with Crippen molar-refractivity contribution in [2.24, 2.45) is 5.92 Å². The summed E-state index contributed by atoms with van der Waals surface area (Å²) < 4.78 is 0. The molecule has 2 N–H and O–H groups in total. The molecule has 1 aliphatic carbocycles. The molecular formula is C14H18ClNO2. The molecule has 0 aromatic heterocycles. The number of carboxylic acids is 1. The van der Waals surface area contributed by atoms with Crippen molar-refractivity contribution in [3.8, 4) is 0 Å². The Balaban J connectivity index is 2.07. The predicted octanol–water partition coefficient (Wildman–Crippen LogP) is 3.70. The van der Waals surface area contributed by atoms with Crippen LogP contribution >= 0.6 is 11.6 Å². The van der Waals surface area contributed by atoms with Crippen molar-refractivity contribution < 1.29 is 9.90 Å². The minimum atomic E-state index is -0.683. The lowest BCUT2D eigenvalue weighted by Crippen LogP contribution is -2.31. The highest BCUT2D eigenvalue weighted by atomic mass is 35.5. The zero-order chi connectivity index (χ0) is 13.1. The molecule has 1 aliphatic rings. The number of nitrogens with one attached hydrogen (secondary N) is 1. The van der Waals surface area contributed by atoms with Crippen molar-refractivity contribution in [2.45, 2.75) is 38.6 Å². The van der Waals surface area contributed by atoms with Crippen molar-refractivity contribution in [3.05, 3.63) is 28.8 Å². The lowest BCUT2D eigenvalue weighted by atomic mass is 9.85. The minimum absolute atomic E-state index is 0.207. The van der Waals surface area contributed by atoms with Crippen LogP contribution in [0.2, 0.25) is 5.02 Å². The van der Waals surface area contributed by atoms with Crippen LogP contribution in [-0.2, 0) is 4.79 Å². The second-order valence-electron chi connectivity index (χ2n) is 4.97. The molecule has 1 fully saturated rings. The summed E-state index contributed by atoms with van der Waals surface area (Å²) in [6.45, 7) is 2.01. The molecule has 0 radical (unpaired) electrons. The third kappa shape index (κ3) is 2.96. The fourth-order valence-corrected chi connectivity index (χ4v) is 2.84. The summed E-state index contributed by atoms with van der Waals surface area (Å²) in [6, 6.07) is 5.99. The number of carboxylic acid groups (broad SMARTS) is 1. The van der Waals surface area contributed by atoms with E-state index in [2.05, 4.69) is 5.32 Å². The molecule has 4 heteroatoms. The molecular weight excluding hydrogens is 250 g/mol. The van der Waals surface area contributed by atoms with Gasteiger partial charge in [0.15, 0.2) is 0 Å². The van der Waals surface area contributed by atoms with Gasteiger partial charge in [-0.1, -0.05) is 30.2 Å². The molecule has 2 atom stereocenters. The first-order valence-corrected chi connectivity index (χ1v) is 6.70. The van der Waals surface area contributed by atoms with Gasteiger partial charge in [-0.05, 0) is 37.8 Å². The van der Waals surface area contributed by atoms with Crippen molar-refractivity contribution in [1.29, 1.82) is 0 Å². The van der Waals surface area contributed by atoms with Crippen LogP contribution in [-0.4, -0.2) is 17.1 Å². The SMILES string of the molecule is Cc1cccc(Cl)c1NC1CCCC(C(=O)O)C1. The average molecular weight is 268 g/mol. The molecule has 0 spiro atoms. The normalized spacial score (nSPS) is 23.7. The van der Waals surface area contributed by atoms with E-state index in [1.165, 1.54) is 0 Å². The van der Waals surface area contributed by atoms with Crippen LogP contribution in [0.15, 0.2) is 18.2 Å². The molecule has 0 saturated heterocycles. The Hall–Kier alpha value is -1.22. The molecule has 1 saturated carbocycles. The van der Waals surface area contributed by atoms with Gasteiger partial charge in [-0.25, -0.2) is 0 Å². The van der Waals surface area contributed by atoms with Crippen LogP contribution in [0, 0.1) is 12.8 Å². The van der Waals surface area contributed by atoms with E-state index < -0.39 is 5.97 Å². The monoisotopic (exact) mass is 267 g/mol. The molecule has 0 bridgehead atoms. The summed E-state index contributed by atoms with van der Waals surface area (Å²) in [5.41, 5.74) is 2.04. The molecule has 3 nitrogen and oxygen atoms in total.